The molecule has 1 aromatic heterocycles. The van der Waals surface area contributed by atoms with Crippen LogP contribution in [0.25, 0.3) is 11.1 Å². The molecule has 0 radical (unpaired) electrons. The lowest BCUT2D eigenvalue weighted by atomic mass is 10.0. The van der Waals surface area contributed by atoms with Crippen LogP contribution in [-0.2, 0) is 11.2 Å². The zero-order valence-electron chi connectivity index (χ0n) is 15.4. The second-order valence-corrected chi connectivity index (χ2v) is 7.34. The van der Waals surface area contributed by atoms with Gasteiger partial charge in [-0.25, -0.2) is 4.98 Å². The Labute approximate surface area is 168 Å². The smallest absolute Gasteiger partial charge is 0.264 e. The summed E-state index contributed by atoms with van der Waals surface area (Å²) in [7, 11) is 0. The SMILES string of the molecule is O=C([C@H]1Cc2cc(Cl)cc(-c3ccnc(NCCO)c3)c2O1)N1CCNCC1. The summed E-state index contributed by atoms with van der Waals surface area (Å²) in [5.41, 5.74) is 2.68. The van der Waals surface area contributed by atoms with Gasteiger partial charge in [-0.05, 0) is 29.8 Å². The van der Waals surface area contributed by atoms with Gasteiger partial charge in [0.1, 0.15) is 11.6 Å². The Morgan fingerprint density at radius 2 is 2.18 bits per heavy atom. The van der Waals surface area contributed by atoms with Gasteiger partial charge >= 0.3 is 0 Å². The number of nitrogens with zero attached hydrogens (tertiary/aromatic N) is 2. The monoisotopic (exact) mass is 402 g/mol. The van der Waals surface area contributed by atoms with Gasteiger partial charge in [-0.3, -0.25) is 4.79 Å². The summed E-state index contributed by atoms with van der Waals surface area (Å²) in [6.07, 6.45) is 1.70. The van der Waals surface area contributed by atoms with E-state index in [4.69, 9.17) is 21.4 Å². The van der Waals surface area contributed by atoms with Crippen LogP contribution in [0.15, 0.2) is 30.5 Å². The zero-order valence-corrected chi connectivity index (χ0v) is 16.2. The van der Waals surface area contributed by atoms with E-state index in [1.165, 1.54) is 0 Å². The minimum atomic E-state index is -0.515. The van der Waals surface area contributed by atoms with Gasteiger partial charge in [0.15, 0.2) is 6.10 Å². The number of carbonyl (C=O) groups excluding carboxylic acids is 1. The van der Waals surface area contributed by atoms with Crippen LogP contribution in [0.3, 0.4) is 0 Å². The van der Waals surface area contributed by atoms with Crippen LogP contribution in [0.5, 0.6) is 5.75 Å². The second kappa shape index (κ2) is 8.34. The summed E-state index contributed by atoms with van der Waals surface area (Å²) in [4.78, 5) is 19.0. The molecule has 2 aromatic rings. The summed E-state index contributed by atoms with van der Waals surface area (Å²) in [5, 5.41) is 15.9. The highest BCUT2D eigenvalue weighted by Gasteiger charge is 2.34. The summed E-state index contributed by atoms with van der Waals surface area (Å²) >= 11 is 6.35. The van der Waals surface area contributed by atoms with E-state index in [0.29, 0.717) is 42.6 Å². The lowest BCUT2D eigenvalue weighted by Crippen LogP contribution is -2.50. The molecule has 2 aliphatic rings. The van der Waals surface area contributed by atoms with Gasteiger partial charge in [-0.2, -0.15) is 0 Å². The maximum Gasteiger partial charge on any atom is 0.264 e. The molecule has 0 bridgehead atoms. The highest BCUT2D eigenvalue weighted by molar-refractivity contribution is 6.31. The molecule has 1 aromatic carbocycles. The highest BCUT2D eigenvalue weighted by Crippen LogP contribution is 2.41. The van der Waals surface area contributed by atoms with Crippen LogP contribution < -0.4 is 15.4 Å². The lowest BCUT2D eigenvalue weighted by molar-refractivity contribution is -0.138. The number of hydrogen-bond donors (Lipinski definition) is 3. The first-order valence-electron chi connectivity index (χ1n) is 9.45. The normalized spacial score (nSPS) is 18.5. The average Bonchev–Trinajstić information content (AvgIpc) is 3.15. The Morgan fingerprint density at radius 1 is 1.36 bits per heavy atom. The third-order valence-corrected chi connectivity index (χ3v) is 5.21. The molecule has 0 unspecified atom stereocenters. The van der Waals surface area contributed by atoms with Crippen LogP contribution in [0.1, 0.15) is 5.56 Å². The van der Waals surface area contributed by atoms with Crippen molar-refractivity contribution < 1.29 is 14.6 Å². The molecule has 1 amide bonds. The molecular weight excluding hydrogens is 380 g/mol. The molecule has 0 aliphatic carbocycles. The quantitative estimate of drug-likeness (QED) is 0.703. The molecule has 1 fully saturated rings. The molecule has 0 spiro atoms. The number of halogens is 1. The molecule has 3 heterocycles. The minimum Gasteiger partial charge on any atom is -0.479 e. The maximum absolute atomic E-state index is 12.9. The van der Waals surface area contributed by atoms with E-state index in [0.717, 1.165) is 29.8 Å². The van der Waals surface area contributed by atoms with Crippen molar-refractivity contribution in [3.63, 3.8) is 0 Å². The topological polar surface area (TPSA) is 86.7 Å². The molecule has 148 valence electrons. The number of aliphatic hydroxyl groups excluding tert-OH is 1. The number of fused-ring (bicyclic) bond motifs is 1. The van der Waals surface area contributed by atoms with E-state index in [1.54, 1.807) is 6.20 Å². The van der Waals surface area contributed by atoms with Crippen molar-refractivity contribution in [2.75, 3.05) is 44.6 Å². The number of anilines is 1. The number of aliphatic hydroxyl groups is 1. The van der Waals surface area contributed by atoms with Crippen molar-refractivity contribution in [3.05, 3.63) is 41.0 Å². The Morgan fingerprint density at radius 3 is 2.96 bits per heavy atom. The van der Waals surface area contributed by atoms with Gasteiger partial charge in [0.25, 0.3) is 5.91 Å². The van der Waals surface area contributed by atoms with E-state index in [1.807, 2.05) is 29.2 Å². The van der Waals surface area contributed by atoms with Crippen molar-refractivity contribution in [3.8, 4) is 16.9 Å². The Hall–Kier alpha value is -2.35. The van der Waals surface area contributed by atoms with Crippen molar-refractivity contribution in [2.45, 2.75) is 12.5 Å². The number of piperazine rings is 1. The fourth-order valence-electron chi connectivity index (χ4n) is 3.64. The summed E-state index contributed by atoms with van der Waals surface area (Å²) in [6.45, 7) is 3.46. The van der Waals surface area contributed by atoms with Gasteiger partial charge < -0.3 is 25.4 Å². The predicted octanol–water partition coefficient (Wildman–Crippen LogP) is 1.54. The fraction of sp³-hybridized carbons (Fsp3) is 0.400. The van der Waals surface area contributed by atoms with Crippen LogP contribution >= 0.6 is 11.6 Å². The van der Waals surface area contributed by atoms with Crippen LogP contribution in [0, 0.1) is 0 Å². The molecular formula is C20H23ClN4O3. The Kier molecular flexibility index (Phi) is 5.66. The van der Waals surface area contributed by atoms with Crippen LogP contribution in [0.4, 0.5) is 5.82 Å². The van der Waals surface area contributed by atoms with Crippen LogP contribution in [-0.4, -0.2) is 66.3 Å². The van der Waals surface area contributed by atoms with Crippen molar-refractivity contribution >= 4 is 23.3 Å². The number of ether oxygens (including phenoxy) is 1. The largest absolute Gasteiger partial charge is 0.479 e. The first-order chi connectivity index (χ1) is 13.7. The summed E-state index contributed by atoms with van der Waals surface area (Å²) in [6, 6.07) is 7.49. The number of pyridine rings is 1. The van der Waals surface area contributed by atoms with Crippen molar-refractivity contribution in [1.29, 1.82) is 0 Å². The molecule has 1 saturated heterocycles. The lowest BCUT2D eigenvalue weighted by Gasteiger charge is -2.29. The highest BCUT2D eigenvalue weighted by atomic mass is 35.5. The minimum absolute atomic E-state index is 0.0252. The number of benzene rings is 1. The van der Waals surface area contributed by atoms with Gasteiger partial charge in [0.05, 0.1) is 6.61 Å². The molecule has 28 heavy (non-hydrogen) atoms. The predicted molar refractivity (Wildman–Crippen MR) is 108 cm³/mol. The van der Waals surface area contributed by atoms with Crippen molar-refractivity contribution in [1.82, 2.24) is 15.2 Å². The molecule has 8 heteroatoms. The molecule has 3 N–H and O–H groups in total. The van der Waals surface area contributed by atoms with Gasteiger partial charge in [0.2, 0.25) is 0 Å². The maximum atomic E-state index is 12.9. The van der Waals surface area contributed by atoms with E-state index in [-0.39, 0.29) is 12.5 Å². The number of hydrogen-bond acceptors (Lipinski definition) is 6. The number of aromatic nitrogens is 1. The number of nitrogens with one attached hydrogen (secondary N) is 2. The molecule has 0 saturated carbocycles. The van der Waals surface area contributed by atoms with E-state index >= 15 is 0 Å². The summed E-state index contributed by atoms with van der Waals surface area (Å²) in [5.74, 6) is 1.39. The second-order valence-electron chi connectivity index (χ2n) is 6.91. The fourth-order valence-corrected chi connectivity index (χ4v) is 3.89. The van der Waals surface area contributed by atoms with Gasteiger partial charge in [-0.15, -0.1) is 0 Å². The molecule has 4 rings (SSSR count). The van der Waals surface area contributed by atoms with E-state index < -0.39 is 6.10 Å². The molecule has 2 aliphatic heterocycles. The number of carbonyl (C=O) groups is 1. The van der Waals surface area contributed by atoms with Crippen molar-refractivity contribution in [2.24, 2.45) is 0 Å². The summed E-state index contributed by atoms with van der Waals surface area (Å²) < 4.78 is 6.13. The first-order valence-corrected chi connectivity index (χ1v) is 9.83. The Bertz CT molecular complexity index is 871. The number of amides is 1. The third-order valence-electron chi connectivity index (χ3n) is 4.99. The zero-order chi connectivity index (χ0) is 19.5. The standard InChI is InChI=1S/C20H23ClN4O3/c21-15-9-14-10-17(20(27)25-6-3-22-4-7-25)28-19(14)16(12-15)13-1-2-23-18(11-13)24-5-8-26/h1-2,9,11-12,17,22,26H,3-8,10H2,(H,23,24)/t17-/m1/s1. The van der Waals surface area contributed by atoms with Gasteiger partial charge in [0, 0.05) is 61.5 Å². The average molecular weight is 403 g/mol. The van der Waals surface area contributed by atoms with E-state index in [2.05, 4.69) is 15.6 Å². The van der Waals surface area contributed by atoms with E-state index in [9.17, 15) is 4.79 Å². The molecule has 1 atom stereocenters. The Balaban J connectivity index is 1.60. The molecule has 7 nitrogen and oxygen atoms in total. The first kappa shape index (κ1) is 19.0. The number of rotatable bonds is 5. The third kappa shape index (κ3) is 3.92. The van der Waals surface area contributed by atoms with Crippen LogP contribution in [0.2, 0.25) is 5.02 Å². The van der Waals surface area contributed by atoms with Gasteiger partial charge in [-0.1, -0.05) is 11.6 Å².